The van der Waals surface area contributed by atoms with Crippen LogP contribution in [0.25, 0.3) is 0 Å². The molecule has 1 fully saturated rings. The minimum Gasteiger partial charge on any atom is -0.480 e. The van der Waals surface area contributed by atoms with Crippen LogP contribution in [-0.4, -0.2) is 36.2 Å². The normalized spacial score (nSPS) is 17.9. The van der Waals surface area contributed by atoms with Gasteiger partial charge in [-0.05, 0) is 37.0 Å². The van der Waals surface area contributed by atoms with Crippen LogP contribution in [-0.2, 0) is 19.7 Å². The SMILES string of the molecule is CCCC[C@H](NC(=O)C1(c2ccc(Br)cc2)CCOCC1)C(=O)O. The van der Waals surface area contributed by atoms with Crippen molar-refractivity contribution in [1.82, 2.24) is 5.32 Å². The smallest absolute Gasteiger partial charge is 0.326 e. The molecule has 1 aliphatic heterocycles. The Morgan fingerprint density at radius 2 is 1.92 bits per heavy atom. The fourth-order valence-corrected chi connectivity index (χ4v) is 3.36. The van der Waals surface area contributed by atoms with Gasteiger partial charge < -0.3 is 15.2 Å². The molecule has 1 aliphatic rings. The number of hydrogen-bond donors (Lipinski definition) is 2. The topological polar surface area (TPSA) is 75.6 Å². The van der Waals surface area contributed by atoms with E-state index >= 15 is 0 Å². The van der Waals surface area contributed by atoms with Gasteiger partial charge in [0, 0.05) is 17.7 Å². The molecule has 24 heavy (non-hydrogen) atoms. The molecule has 6 heteroatoms. The Balaban J connectivity index is 2.24. The van der Waals surface area contributed by atoms with Crippen LogP contribution in [0.15, 0.2) is 28.7 Å². The van der Waals surface area contributed by atoms with Gasteiger partial charge in [-0.15, -0.1) is 0 Å². The van der Waals surface area contributed by atoms with Crippen molar-refractivity contribution in [2.45, 2.75) is 50.5 Å². The minimum absolute atomic E-state index is 0.211. The molecule has 0 bridgehead atoms. The first-order valence-corrected chi connectivity index (χ1v) is 9.16. The van der Waals surface area contributed by atoms with Crippen LogP contribution in [0.4, 0.5) is 0 Å². The summed E-state index contributed by atoms with van der Waals surface area (Å²) in [5.74, 6) is -1.19. The molecule has 2 rings (SSSR count). The zero-order chi connectivity index (χ0) is 17.6. The second-order valence-corrected chi connectivity index (χ2v) is 7.12. The maximum absolute atomic E-state index is 13.0. The van der Waals surface area contributed by atoms with Crippen molar-refractivity contribution in [2.75, 3.05) is 13.2 Å². The lowest BCUT2D eigenvalue weighted by molar-refractivity contribution is -0.144. The Bertz CT molecular complexity index is 567. The summed E-state index contributed by atoms with van der Waals surface area (Å²) in [4.78, 5) is 24.5. The molecule has 1 saturated heterocycles. The van der Waals surface area contributed by atoms with Crippen molar-refractivity contribution < 1.29 is 19.4 Å². The van der Waals surface area contributed by atoms with Crippen LogP contribution >= 0.6 is 15.9 Å². The van der Waals surface area contributed by atoms with Gasteiger partial charge in [0.05, 0.1) is 5.41 Å². The fraction of sp³-hybridized carbons (Fsp3) is 0.556. The minimum atomic E-state index is -0.977. The Morgan fingerprint density at radius 1 is 1.29 bits per heavy atom. The summed E-state index contributed by atoms with van der Waals surface area (Å²) in [5, 5.41) is 12.2. The highest BCUT2D eigenvalue weighted by Crippen LogP contribution is 2.36. The average Bonchev–Trinajstić information content (AvgIpc) is 2.59. The Labute approximate surface area is 150 Å². The number of unbranched alkanes of at least 4 members (excludes halogenated alkanes) is 1. The van der Waals surface area contributed by atoms with Crippen molar-refractivity contribution in [2.24, 2.45) is 0 Å². The number of rotatable bonds is 7. The molecular formula is C18H24BrNO4. The van der Waals surface area contributed by atoms with Crippen LogP contribution in [0.1, 0.15) is 44.6 Å². The summed E-state index contributed by atoms with van der Waals surface area (Å²) in [6.07, 6.45) is 3.22. The molecule has 0 unspecified atom stereocenters. The lowest BCUT2D eigenvalue weighted by atomic mass is 9.73. The summed E-state index contributed by atoms with van der Waals surface area (Å²) in [6.45, 7) is 2.99. The van der Waals surface area contributed by atoms with Gasteiger partial charge in [0.2, 0.25) is 5.91 Å². The van der Waals surface area contributed by atoms with Crippen LogP contribution in [0.3, 0.4) is 0 Å². The maximum atomic E-state index is 13.0. The first-order valence-electron chi connectivity index (χ1n) is 8.37. The summed E-state index contributed by atoms with van der Waals surface area (Å²) in [6, 6.07) is 6.83. The molecule has 0 radical (unpaired) electrons. The Hall–Kier alpha value is -1.40. The second kappa shape index (κ2) is 8.62. The number of halogens is 1. The predicted molar refractivity (Wildman–Crippen MR) is 95.0 cm³/mol. The largest absolute Gasteiger partial charge is 0.480 e. The number of ether oxygens (including phenoxy) is 1. The third-order valence-electron chi connectivity index (χ3n) is 4.63. The molecule has 1 aromatic carbocycles. The molecule has 132 valence electrons. The first-order chi connectivity index (χ1) is 11.5. The number of amides is 1. The zero-order valence-corrected chi connectivity index (χ0v) is 15.5. The maximum Gasteiger partial charge on any atom is 0.326 e. The highest BCUT2D eigenvalue weighted by atomic mass is 79.9. The third-order valence-corrected chi connectivity index (χ3v) is 5.16. The van der Waals surface area contributed by atoms with Crippen molar-refractivity contribution in [1.29, 1.82) is 0 Å². The van der Waals surface area contributed by atoms with E-state index in [2.05, 4.69) is 21.2 Å². The molecule has 0 aromatic heterocycles. The van der Waals surface area contributed by atoms with Gasteiger partial charge in [-0.2, -0.15) is 0 Å². The van der Waals surface area contributed by atoms with E-state index in [1.54, 1.807) is 0 Å². The first kappa shape index (κ1) is 18.9. The van der Waals surface area contributed by atoms with Gasteiger partial charge in [-0.1, -0.05) is 47.8 Å². The molecule has 0 aliphatic carbocycles. The van der Waals surface area contributed by atoms with Gasteiger partial charge in [0.1, 0.15) is 6.04 Å². The van der Waals surface area contributed by atoms with E-state index in [0.29, 0.717) is 32.5 Å². The lowest BCUT2D eigenvalue weighted by Crippen LogP contribution is -2.52. The van der Waals surface area contributed by atoms with Crippen LogP contribution in [0, 0.1) is 0 Å². The van der Waals surface area contributed by atoms with Crippen molar-refractivity contribution in [3.05, 3.63) is 34.3 Å². The number of carbonyl (C=O) groups is 2. The van der Waals surface area contributed by atoms with E-state index in [-0.39, 0.29) is 5.91 Å². The van der Waals surface area contributed by atoms with Gasteiger partial charge in [-0.3, -0.25) is 4.79 Å². The molecule has 5 nitrogen and oxygen atoms in total. The monoisotopic (exact) mass is 397 g/mol. The summed E-state index contributed by atoms with van der Waals surface area (Å²) in [5.41, 5.74) is 0.185. The molecule has 0 saturated carbocycles. The zero-order valence-electron chi connectivity index (χ0n) is 13.9. The van der Waals surface area contributed by atoms with Gasteiger partial charge in [0.25, 0.3) is 0 Å². The van der Waals surface area contributed by atoms with E-state index in [0.717, 1.165) is 22.9 Å². The summed E-state index contributed by atoms with van der Waals surface area (Å²) < 4.78 is 6.38. The molecule has 1 heterocycles. The number of nitrogens with one attached hydrogen (secondary N) is 1. The van der Waals surface area contributed by atoms with E-state index < -0.39 is 17.4 Å². The van der Waals surface area contributed by atoms with Gasteiger partial charge in [-0.25, -0.2) is 4.79 Å². The quantitative estimate of drug-likeness (QED) is 0.740. The van der Waals surface area contributed by atoms with Gasteiger partial charge in [0.15, 0.2) is 0 Å². The second-order valence-electron chi connectivity index (χ2n) is 6.21. The van der Waals surface area contributed by atoms with Crippen molar-refractivity contribution in [3.8, 4) is 0 Å². The summed E-state index contributed by atoms with van der Waals surface area (Å²) in [7, 11) is 0. The van der Waals surface area contributed by atoms with E-state index in [9.17, 15) is 14.7 Å². The van der Waals surface area contributed by atoms with Crippen molar-refractivity contribution in [3.63, 3.8) is 0 Å². The van der Waals surface area contributed by atoms with E-state index in [1.165, 1.54) is 0 Å². The van der Waals surface area contributed by atoms with E-state index in [4.69, 9.17) is 4.74 Å². The van der Waals surface area contributed by atoms with E-state index in [1.807, 2.05) is 31.2 Å². The van der Waals surface area contributed by atoms with Crippen LogP contribution < -0.4 is 5.32 Å². The molecule has 1 atom stereocenters. The third kappa shape index (κ3) is 4.36. The predicted octanol–water partition coefficient (Wildman–Crippen LogP) is 3.26. The standard InChI is InChI=1S/C18H24BrNO4/c1-2-3-4-15(16(21)22)20-17(23)18(9-11-24-12-10-18)13-5-7-14(19)8-6-13/h5-8,15H,2-4,9-12H2,1H3,(H,20,23)(H,21,22)/t15-/m0/s1. The molecule has 0 spiro atoms. The number of carboxylic acid groups (broad SMARTS) is 1. The van der Waals surface area contributed by atoms with Gasteiger partial charge >= 0.3 is 5.97 Å². The Morgan fingerprint density at radius 3 is 2.46 bits per heavy atom. The molecular weight excluding hydrogens is 374 g/mol. The number of aliphatic carboxylic acids is 1. The van der Waals surface area contributed by atoms with Crippen LogP contribution in [0.2, 0.25) is 0 Å². The molecule has 1 amide bonds. The highest BCUT2D eigenvalue weighted by molar-refractivity contribution is 9.10. The average molecular weight is 398 g/mol. The summed E-state index contributed by atoms with van der Waals surface area (Å²) >= 11 is 3.41. The number of hydrogen-bond acceptors (Lipinski definition) is 3. The number of carbonyl (C=O) groups excluding carboxylic acids is 1. The van der Waals surface area contributed by atoms with Crippen LogP contribution in [0.5, 0.6) is 0 Å². The highest BCUT2D eigenvalue weighted by Gasteiger charge is 2.42. The fourth-order valence-electron chi connectivity index (χ4n) is 3.10. The molecule has 1 aromatic rings. The molecule has 2 N–H and O–H groups in total. The lowest BCUT2D eigenvalue weighted by Gasteiger charge is -2.37. The number of benzene rings is 1. The Kier molecular flexibility index (Phi) is 6.80. The van der Waals surface area contributed by atoms with Crippen molar-refractivity contribution >= 4 is 27.8 Å². The number of carboxylic acids is 1.